The first kappa shape index (κ1) is 45.9. The highest BCUT2D eigenvalue weighted by atomic mass is 32.2. The molecule has 0 radical (unpaired) electrons. The average molecular weight is 733 g/mol. The summed E-state index contributed by atoms with van der Waals surface area (Å²) in [4.78, 5) is 68.2. The third-order valence-corrected chi connectivity index (χ3v) is 10.2. The number of primary amides is 1. The predicted molar refractivity (Wildman–Crippen MR) is 208 cm³/mol. The van der Waals surface area contributed by atoms with Crippen LogP contribution < -0.4 is 21.7 Å². The van der Waals surface area contributed by atoms with Gasteiger partial charge in [-0.05, 0) is 81.0 Å². The third kappa shape index (κ3) is 16.0. The van der Waals surface area contributed by atoms with Gasteiger partial charge in [-0.25, -0.2) is 9.10 Å². The van der Waals surface area contributed by atoms with Gasteiger partial charge in [0.05, 0.1) is 6.04 Å². The maximum absolute atomic E-state index is 14.2. The smallest absolute Gasteiger partial charge is 0.315 e. The van der Waals surface area contributed by atoms with Crippen molar-refractivity contribution in [1.29, 1.82) is 0 Å². The molecule has 1 aliphatic heterocycles. The van der Waals surface area contributed by atoms with Crippen LogP contribution in [0.15, 0.2) is 35.2 Å². The van der Waals surface area contributed by atoms with Crippen LogP contribution in [0.2, 0.25) is 0 Å². The number of carbonyl (C=O) groups is 5. The fourth-order valence-electron chi connectivity index (χ4n) is 6.32. The lowest BCUT2D eigenvalue weighted by Crippen LogP contribution is -2.60. The van der Waals surface area contributed by atoms with Gasteiger partial charge in [-0.1, -0.05) is 106 Å². The van der Waals surface area contributed by atoms with Crippen LogP contribution in [0.5, 0.6) is 0 Å². The Morgan fingerprint density at radius 3 is 2.06 bits per heavy atom. The number of likely N-dealkylation sites (tertiary alicyclic amines) is 1. The zero-order chi connectivity index (χ0) is 38.5. The van der Waals surface area contributed by atoms with E-state index in [1.165, 1.54) is 6.42 Å². The number of nitrogens with one attached hydrogen (secondary N) is 3. The number of rotatable bonds is 16. The molecule has 5 amide bonds. The minimum atomic E-state index is -1.09. The standard InChI is InChI=1S/C34H54N6O5S.C3H8.C2H6/c1-6-23(4)20-26(30(41)31(35)42)36-32(43)28-18-13-19-40(28)33(44)29(24-14-9-7-10-15-24)38-34(45)37-27(22(2)3)21-39(5)46-25-16-11-8-12-17-25;1-3-2;1-2/h8,11-12,16-17,22-24,26-29H,6-7,9-10,13-15,18-21H2,1-5H3,(H2,35,42)(H,36,43)(H2,37,38,45);3H2,1-2H3;1-2H3. The SMILES string of the molecule is CC.CCC.CCC(C)CC(NC(=O)C1CCCN1C(=O)C(NC(=O)NC(CN(C)Sc1ccccc1)C(C)C)C1CCCCC1)C(=O)C(N)=O. The van der Waals surface area contributed by atoms with E-state index in [4.69, 9.17) is 5.73 Å². The van der Waals surface area contributed by atoms with Gasteiger partial charge in [0.2, 0.25) is 17.6 Å². The summed E-state index contributed by atoms with van der Waals surface area (Å²) in [5.74, 6) is -2.50. The summed E-state index contributed by atoms with van der Waals surface area (Å²) in [6.07, 6.45) is 8.03. The molecule has 3 rings (SSSR count). The fourth-order valence-corrected chi connectivity index (χ4v) is 7.19. The Morgan fingerprint density at radius 2 is 1.51 bits per heavy atom. The highest BCUT2D eigenvalue weighted by Crippen LogP contribution is 2.30. The lowest BCUT2D eigenvalue weighted by molar-refractivity contribution is -0.143. The summed E-state index contributed by atoms with van der Waals surface area (Å²) in [5, 5.41) is 8.88. The number of hydrogen-bond donors (Lipinski definition) is 4. The topological polar surface area (TPSA) is 154 Å². The van der Waals surface area contributed by atoms with Crippen LogP contribution in [-0.4, -0.2) is 83.0 Å². The van der Waals surface area contributed by atoms with Gasteiger partial charge in [-0.3, -0.25) is 19.2 Å². The number of likely N-dealkylation sites (N-methyl/N-ethyl adjacent to an activating group) is 1. The lowest BCUT2D eigenvalue weighted by Gasteiger charge is -2.35. The Balaban J connectivity index is 0.00000246. The molecule has 1 saturated carbocycles. The zero-order valence-electron chi connectivity index (χ0n) is 32.8. The van der Waals surface area contributed by atoms with Crippen LogP contribution >= 0.6 is 11.9 Å². The van der Waals surface area contributed by atoms with Crippen LogP contribution in [0.3, 0.4) is 0 Å². The van der Waals surface area contributed by atoms with Crippen molar-refractivity contribution in [1.82, 2.24) is 25.2 Å². The number of nitrogens with two attached hydrogens (primary N) is 1. The van der Waals surface area contributed by atoms with E-state index in [-0.39, 0.29) is 36.1 Å². The Bertz CT molecular complexity index is 1200. The number of urea groups is 1. The number of nitrogens with zero attached hydrogens (tertiary/aromatic N) is 2. The van der Waals surface area contributed by atoms with Crippen molar-refractivity contribution in [3.05, 3.63) is 30.3 Å². The van der Waals surface area contributed by atoms with E-state index >= 15 is 0 Å². The van der Waals surface area contributed by atoms with Gasteiger partial charge >= 0.3 is 6.03 Å². The number of benzene rings is 1. The number of Topliss-reactive ketones (excluding diaryl/α,β-unsaturated/α-hetero) is 1. The van der Waals surface area contributed by atoms with Crippen LogP contribution in [0.25, 0.3) is 0 Å². The van der Waals surface area contributed by atoms with Gasteiger partial charge in [0, 0.05) is 24.0 Å². The number of hydrogen-bond acceptors (Lipinski definition) is 7. The fraction of sp³-hybridized carbons (Fsp3) is 0.718. The van der Waals surface area contributed by atoms with Crippen molar-refractivity contribution in [2.24, 2.45) is 23.5 Å². The second-order valence-electron chi connectivity index (χ2n) is 14.0. The normalized spacial score (nSPS) is 18.3. The van der Waals surface area contributed by atoms with Crippen molar-refractivity contribution in [3.63, 3.8) is 0 Å². The molecule has 11 nitrogen and oxygen atoms in total. The molecule has 1 aromatic rings. The number of carbonyl (C=O) groups excluding carboxylic acids is 5. The summed E-state index contributed by atoms with van der Waals surface area (Å²) in [7, 11) is 1.99. The van der Waals surface area contributed by atoms with Crippen LogP contribution in [0, 0.1) is 17.8 Å². The molecule has 51 heavy (non-hydrogen) atoms. The van der Waals surface area contributed by atoms with Gasteiger partial charge in [0.15, 0.2) is 0 Å². The van der Waals surface area contributed by atoms with Crippen LogP contribution in [-0.2, 0) is 19.2 Å². The molecule has 0 bridgehead atoms. The van der Waals surface area contributed by atoms with Gasteiger partial charge in [-0.2, -0.15) is 0 Å². The maximum atomic E-state index is 14.2. The van der Waals surface area contributed by atoms with Crippen molar-refractivity contribution in [2.45, 2.75) is 149 Å². The van der Waals surface area contributed by atoms with E-state index in [2.05, 4.69) is 48.0 Å². The molecule has 5 atom stereocenters. The highest BCUT2D eigenvalue weighted by Gasteiger charge is 2.42. The van der Waals surface area contributed by atoms with E-state index < -0.39 is 41.8 Å². The Morgan fingerprint density at radius 1 is 0.902 bits per heavy atom. The van der Waals surface area contributed by atoms with Gasteiger partial charge in [-0.15, -0.1) is 0 Å². The van der Waals surface area contributed by atoms with Gasteiger partial charge in [0.25, 0.3) is 5.91 Å². The molecule has 5 N–H and O–H groups in total. The van der Waals surface area contributed by atoms with Gasteiger partial charge in [0.1, 0.15) is 12.1 Å². The number of amides is 5. The summed E-state index contributed by atoms with van der Waals surface area (Å²) in [6, 6.07) is 6.86. The van der Waals surface area contributed by atoms with E-state index in [0.717, 1.165) is 43.4 Å². The van der Waals surface area contributed by atoms with E-state index in [1.807, 2.05) is 65.1 Å². The minimum absolute atomic E-state index is 0.0419. The van der Waals surface area contributed by atoms with Crippen molar-refractivity contribution >= 4 is 41.5 Å². The molecule has 1 heterocycles. The molecule has 5 unspecified atom stereocenters. The van der Waals surface area contributed by atoms with Crippen LogP contribution in [0.1, 0.15) is 120 Å². The number of ketones is 1. The summed E-state index contributed by atoms with van der Waals surface area (Å²) < 4.78 is 2.09. The predicted octanol–water partition coefficient (Wildman–Crippen LogP) is 6.31. The molecule has 2 fully saturated rings. The largest absolute Gasteiger partial charge is 0.363 e. The summed E-state index contributed by atoms with van der Waals surface area (Å²) in [5.41, 5.74) is 5.29. The second-order valence-corrected chi connectivity index (χ2v) is 15.3. The molecule has 1 saturated heterocycles. The minimum Gasteiger partial charge on any atom is -0.363 e. The summed E-state index contributed by atoms with van der Waals surface area (Å²) in [6.45, 7) is 17.2. The first-order valence-electron chi connectivity index (χ1n) is 19.3. The Labute approximate surface area is 312 Å². The lowest BCUT2D eigenvalue weighted by atomic mass is 9.83. The average Bonchev–Trinajstić information content (AvgIpc) is 3.62. The monoisotopic (exact) mass is 732 g/mol. The Kier molecular flexibility index (Phi) is 22.5. The molecule has 1 aromatic carbocycles. The van der Waals surface area contributed by atoms with Crippen molar-refractivity contribution in [3.8, 4) is 0 Å². The highest BCUT2D eigenvalue weighted by molar-refractivity contribution is 7.97. The molecular formula is C39H68N6O5S. The molecule has 1 aliphatic carbocycles. The Hall–Kier alpha value is -3.12. The first-order chi connectivity index (χ1) is 24.3. The molecule has 290 valence electrons. The summed E-state index contributed by atoms with van der Waals surface area (Å²) >= 11 is 1.61. The molecule has 2 aliphatic rings. The first-order valence-corrected chi connectivity index (χ1v) is 20.1. The van der Waals surface area contributed by atoms with Gasteiger partial charge < -0.3 is 26.6 Å². The maximum Gasteiger partial charge on any atom is 0.315 e. The van der Waals surface area contributed by atoms with E-state index in [9.17, 15) is 24.0 Å². The van der Waals surface area contributed by atoms with Crippen molar-refractivity contribution < 1.29 is 24.0 Å². The molecule has 0 spiro atoms. The molecular weight excluding hydrogens is 665 g/mol. The quantitative estimate of drug-likeness (QED) is 0.115. The van der Waals surface area contributed by atoms with E-state index in [1.54, 1.807) is 16.8 Å². The van der Waals surface area contributed by atoms with Crippen molar-refractivity contribution in [2.75, 3.05) is 20.1 Å². The van der Waals surface area contributed by atoms with Crippen LogP contribution in [0.4, 0.5) is 4.79 Å². The second kappa shape index (κ2) is 25.0. The molecule has 0 aromatic heterocycles. The third-order valence-electron chi connectivity index (χ3n) is 9.30. The molecule has 12 heteroatoms. The zero-order valence-corrected chi connectivity index (χ0v) is 33.7. The van der Waals surface area contributed by atoms with E-state index in [0.29, 0.717) is 25.9 Å².